The number of aromatic nitrogens is 2. The lowest BCUT2D eigenvalue weighted by molar-refractivity contribution is -0.122. The highest BCUT2D eigenvalue weighted by Gasteiger charge is 2.25. The monoisotopic (exact) mass is 284 g/mol. The first-order chi connectivity index (χ1) is 9.04. The number of piperidine rings is 1. The second-order valence-electron chi connectivity index (χ2n) is 4.63. The molecule has 6 nitrogen and oxygen atoms in total. The standard InChI is InChI=1S/C12H17ClN4O2/c1-2-17-12(19)10(13)9(7-15-17)16-5-3-8(4-6-16)11(14)18/h7-8H,2-6H2,1H3,(H2,14,18). The van der Waals surface area contributed by atoms with Gasteiger partial charge in [0.2, 0.25) is 5.91 Å². The second-order valence-corrected chi connectivity index (χ2v) is 5.01. The van der Waals surface area contributed by atoms with Crippen molar-refractivity contribution in [1.29, 1.82) is 0 Å². The molecule has 2 N–H and O–H groups in total. The molecule has 1 saturated heterocycles. The Morgan fingerprint density at radius 2 is 2.16 bits per heavy atom. The molecule has 1 aliphatic rings. The van der Waals surface area contributed by atoms with E-state index < -0.39 is 0 Å². The molecule has 0 spiro atoms. The highest BCUT2D eigenvalue weighted by atomic mass is 35.5. The number of carbonyl (C=O) groups is 1. The van der Waals surface area contributed by atoms with Crippen LogP contribution in [-0.4, -0.2) is 28.8 Å². The van der Waals surface area contributed by atoms with Crippen LogP contribution in [0.3, 0.4) is 0 Å². The maximum absolute atomic E-state index is 11.9. The third-order valence-corrected chi connectivity index (χ3v) is 3.86. The van der Waals surface area contributed by atoms with Crippen molar-refractivity contribution in [2.75, 3.05) is 18.0 Å². The van der Waals surface area contributed by atoms with Crippen LogP contribution < -0.4 is 16.2 Å². The van der Waals surface area contributed by atoms with Crippen LogP contribution in [0.1, 0.15) is 19.8 Å². The van der Waals surface area contributed by atoms with Crippen LogP contribution in [0.2, 0.25) is 5.02 Å². The number of anilines is 1. The fourth-order valence-corrected chi connectivity index (χ4v) is 2.57. The predicted octanol–water partition coefficient (Wildman–Crippen LogP) is 0.618. The van der Waals surface area contributed by atoms with Crippen molar-refractivity contribution in [3.05, 3.63) is 21.6 Å². The molecule has 1 aromatic rings. The van der Waals surface area contributed by atoms with Crippen molar-refractivity contribution in [2.24, 2.45) is 11.7 Å². The fourth-order valence-electron chi connectivity index (χ4n) is 2.31. The summed E-state index contributed by atoms with van der Waals surface area (Å²) >= 11 is 6.10. The molecule has 7 heteroatoms. The Labute approximate surface area is 116 Å². The third kappa shape index (κ3) is 2.73. The molecule has 0 unspecified atom stereocenters. The summed E-state index contributed by atoms with van der Waals surface area (Å²) in [6.07, 6.45) is 2.98. The molecule has 19 heavy (non-hydrogen) atoms. The number of aryl methyl sites for hydroxylation is 1. The van der Waals surface area contributed by atoms with E-state index in [4.69, 9.17) is 17.3 Å². The first-order valence-electron chi connectivity index (χ1n) is 6.34. The van der Waals surface area contributed by atoms with Gasteiger partial charge >= 0.3 is 0 Å². The summed E-state index contributed by atoms with van der Waals surface area (Å²) < 4.78 is 1.32. The Balaban J connectivity index is 2.18. The van der Waals surface area contributed by atoms with Gasteiger partial charge in [0.15, 0.2) is 0 Å². The van der Waals surface area contributed by atoms with Gasteiger partial charge < -0.3 is 10.6 Å². The Morgan fingerprint density at radius 1 is 1.53 bits per heavy atom. The summed E-state index contributed by atoms with van der Waals surface area (Å²) in [6, 6.07) is 0. The molecule has 0 saturated carbocycles. The van der Waals surface area contributed by atoms with Crippen LogP contribution in [0, 0.1) is 5.92 Å². The Hall–Kier alpha value is -1.56. The molecule has 1 amide bonds. The molecule has 0 atom stereocenters. The molecule has 2 heterocycles. The van der Waals surface area contributed by atoms with Crippen LogP contribution in [0.4, 0.5) is 5.69 Å². The van der Waals surface area contributed by atoms with Gasteiger partial charge in [-0.05, 0) is 19.8 Å². The van der Waals surface area contributed by atoms with Crippen molar-refractivity contribution < 1.29 is 4.79 Å². The Bertz CT molecular complexity index is 535. The highest BCUT2D eigenvalue weighted by Crippen LogP contribution is 2.26. The molecule has 0 aliphatic carbocycles. The first-order valence-corrected chi connectivity index (χ1v) is 6.72. The molecular formula is C12H17ClN4O2. The van der Waals surface area contributed by atoms with Gasteiger partial charge in [0.05, 0.1) is 11.9 Å². The number of hydrogen-bond donors (Lipinski definition) is 1. The van der Waals surface area contributed by atoms with E-state index in [-0.39, 0.29) is 22.4 Å². The van der Waals surface area contributed by atoms with E-state index in [2.05, 4.69) is 5.10 Å². The molecular weight excluding hydrogens is 268 g/mol. The van der Waals surface area contributed by atoms with E-state index in [9.17, 15) is 9.59 Å². The molecule has 1 aromatic heterocycles. The molecule has 0 aromatic carbocycles. The summed E-state index contributed by atoms with van der Waals surface area (Å²) in [4.78, 5) is 25.0. The number of carbonyl (C=O) groups excluding carboxylic acids is 1. The number of halogens is 1. The van der Waals surface area contributed by atoms with Gasteiger partial charge in [-0.25, -0.2) is 4.68 Å². The van der Waals surface area contributed by atoms with Gasteiger partial charge in [0.25, 0.3) is 5.56 Å². The maximum atomic E-state index is 11.9. The lowest BCUT2D eigenvalue weighted by Crippen LogP contribution is -2.39. The molecule has 0 bridgehead atoms. The van der Waals surface area contributed by atoms with Crippen LogP contribution in [0.25, 0.3) is 0 Å². The number of nitrogens with two attached hydrogens (primary N) is 1. The number of hydrogen-bond acceptors (Lipinski definition) is 4. The first kappa shape index (κ1) is 13.9. The summed E-state index contributed by atoms with van der Waals surface area (Å²) in [7, 11) is 0. The molecule has 0 radical (unpaired) electrons. The smallest absolute Gasteiger partial charge is 0.287 e. The summed E-state index contributed by atoms with van der Waals surface area (Å²) in [6.45, 7) is 3.64. The van der Waals surface area contributed by atoms with Gasteiger partial charge in [-0.3, -0.25) is 9.59 Å². The van der Waals surface area contributed by atoms with Gasteiger partial charge in [0, 0.05) is 25.6 Å². The second kappa shape index (κ2) is 5.61. The average molecular weight is 285 g/mol. The zero-order valence-electron chi connectivity index (χ0n) is 10.8. The Kier molecular flexibility index (Phi) is 4.09. The maximum Gasteiger partial charge on any atom is 0.287 e. The van der Waals surface area contributed by atoms with Crippen molar-refractivity contribution in [3.8, 4) is 0 Å². The number of primary amides is 1. The molecule has 1 aliphatic heterocycles. The average Bonchev–Trinajstić information content (AvgIpc) is 2.42. The largest absolute Gasteiger partial charge is 0.369 e. The minimum absolute atomic E-state index is 0.0843. The van der Waals surface area contributed by atoms with Gasteiger partial charge in [-0.15, -0.1) is 0 Å². The number of rotatable bonds is 3. The SMILES string of the molecule is CCn1ncc(N2CCC(C(N)=O)CC2)c(Cl)c1=O. The quantitative estimate of drug-likeness (QED) is 0.882. The van der Waals surface area contributed by atoms with Crippen molar-refractivity contribution in [3.63, 3.8) is 0 Å². The van der Waals surface area contributed by atoms with Crippen LogP contribution in [0.5, 0.6) is 0 Å². The molecule has 2 rings (SSSR count). The lowest BCUT2D eigenvalue weighted by Gasteiger charge is -2.32. The van der Waals surface area contributed by atoms with Crippen LogP contribution >= 0.6 is 11.6 Å². The van der Waals surface area contributed by atoms with E-state index in [1.165, 1.54) is 4.68 Å². The Morgan fingerprint density at radius 3 is 2.68 bits per heavy atom. The lowest BCUT2D eigenvalue weighted by atomic mass is 9.96. The predicted molar refractivity (Wildman–Crippen MR) is 73.3 cm³/mol. The van der Waals surface area contributed by atoms with Gasteiger partial charge in [-0.1, -0.05) is 11.6 Å². The minimum Gasteiger partial charge on any atom is -0.369 e. The number of nitrogens with zero attached hydrogens (tertiary/aromatic N) is 3. The van der Waals surface area contributed by atoms with Gasteiger partial charge in [0.1, 0.15) is 5.02 Å². The fraction of sp³-hybridized carbons (Fsp3) is 0.583. The van der Waals surface area contributed by atoms with E-state index >= 15 is 0 Å². The van der Waals surface area contributed by atoms with E-state index in [0.717, 1.165) is 0 Å². The topological polar surface area (TPSA) is 81.2 Å². The van der Waals surface area contributed by atoms with E-state index in [0.29, 0.717) is 38.2 Å². The summed E-state index contributed by atoms with van der Waals surface area (Å²) in [5.74, 6) is -0.343. The summed E-state index contributed by atoms with van der Waals surface area (Å²) in [5.41, 5.74) is 5.65. The van der Waals surface area contributed by atoms with Crippen molar-refractivity contribution in [1.82, 2.24) is 9.78 Å². The molecule has 104 valence electrons. The van der Waals surface area contributed by atoms with Crippen LogP contribution in [0.15, 0.2) is 11.0 Å². The van der Waals surface area contributed by atoms with Crippen LogP contribution in [-0.2, 0) is 11.3 Å². The van der Waals surface area contributed by atoms with E-state index in [1.807, 2.05) is 11.8 Å². The summed E-state index contributed by atoms with van der Waals surface area (Å²) in [5, 5.41) is 4.26. The zero-order chi connectivity index (χ0) is 14.0. The highest BCUT2D eigenvalue weighted by molar-refractivity contribution is 6.33. The molecule has 1 fully saturated rings. The normalized spacial score (nSPS) is 16.6. The van der Waals surface area contributed by atoms with Crippen molar-refractivity contribution >= 4 is 23.2 Å². The van der Waals surface area contributed by atoms with E-state index in [1.54, 1.807) is 6.20 Å². The van der Waals surface area contributed by atoms with Crippen molar-refractivity contribution in [2.45, 2.75) is 26.3 Å². The third-order valence-electron chi connectivity index (χ3n) is 3.50. The minimum atomic E-state index is -0.279. The number of amides is 1. The zero-order valence-corrected chi connectivity index (χ0v) is 11.6. The van der Waals surface area contributed by atoms with Gasteiger partial charge in [-0.2, -0.15) is 5.10 Å².